The number of benzene rings is 1. The third kappa shape index (κ3) is 2.86. The second-order valence-electron chi connectivity index (χ2n) is 3.42. The fourth-order valence-electron chi connectivity index (χ4n) is 1.61. The Morgan fingerprint density at radius 1 is 1.50 bits per heavy atom. The average Bonchev–Trinajstić information content (AvgIpc) is 2.38. The molecule has 5 heteroatoms. The third-order valence-corrected chi connectivity index (χ3v) is 2.40. The normalized spacial score (nSPS) is 9.39. The number of aldehydes is 1. The number of carbonyl (C=O) groups is 2. The lowest BCUT2D eigenvalue weighted by molar-refractivity contribution is -0.142. The summed E-state index contributed by atoms with van der Waals surface area (Å²) in [5.41, 5.74) is 0.764. The molecular formula is C13H13NO4. The largest absolute Gasteiger partial charge is 0.496 e. The van der Waals surface area contributed by atoms with Crippen LogP contribution in [0.3, 0.4) is 0 Å². The summed E-state index contributed by atoms with van der Waals surface area (Å²) in [6, 6.07) is 4.94. The molecule has 0 aromatic heterocycles. The maximum Gasteiger partial charge on any atom is 0.310 e. The summed E-state index contributed by atoms with van der Waals surface area (Å²) in [7, 11) is 1.44. The third-order valence-electron chi connectivity index (χ3n) is 2.40. The maximum atomic E-state index is 11.5. The van der Waals surface area contributed by atoms with Gasteiger partial charge in [-0.15, -0.1) is 0 Å². The van der Waals surface area contributed by atoms with Crippen molar-refractivity contribution in [1.82, 2.24) is 0 Å². The van der Waals surface area contributed by atoms with Crippen molar-refractivity contribution in [1.29, 1.82) is 5.26 Å². The zero-order valence-corrected chi connectivity index (χ0v) is 10.2. The Balaban J connectivity index is 3.24. The SMILES string of the molecule is CCOC(=O)Cc1c(OC)ccc(C#N)c1C=O. The quantitative estimate of drug-likeness (QED) is 0.582. The van der Waals surface area contributed by atoms with E-state index in [1.165, 1.54) is 13.2 Å². The van der Waals surface area contributed by atoms with Crippen molar-refractivity contribution < 1.29 is 19.1 Å². The van der Waals surface area contributed by atoms with Gasteiger partial charge in [0.1, 0.15) is 5.75 Å². The molecule has 0 spiro atoms. The maximum absolute atomic E-state index is 11.5. The van der Waals surface area contributed by atoms with Gasteiger partial charge in [-0.2, -0.15) is 5.26 Å². The Kier molecular flexibility index (Phi) is 4.88. The molecule has 1 aromatic rings. The molecule has 0 bridgehead atoms. The van der Waals surface area contributed by atoms with E-state index in [4.69, 9.17) is 14.7 Å². The Morgan fingerprint density at radius 3 is 2.72 bits per heavy atom. The second-order valence-corrected chi connectivity index (χ2v) is 3.42. The first-order valence-corrected chi connectivity index (χ1v) is 5.38. The fraction of sp³-hybridized carbons (Fsp3) is 0.308. The van der Waals surface area contributed by atoms with E-state index < -0.39 is 5.97 Å². The van der Waals surface area contributed by atoms with Gasteiger partial charge >= 0.3 is 5.97 Å². The van der Waals surface area contributed by atoms with E-state index in [0.717, 1.165) is 0 Å². The number of hydrogen-bond donors (Lipinski definition) is 0. The zero-order chi connectivity index (χ0) is 13.5. The van der Waals surface area contributed by atoms with Gasteiger partial charge in [0.25, 0.3) is 0 Å². The summed E-state index contributed by atoms with van der Waals surface area (Å²) in [5.74, 6) is -0.0712. The molecule has 0 radical (unpaired) electrons. The molecule has 0 saturated heterocycles. The van der Waals surface area contributed by atoms with Gasteiger partial charge in [-0.3, -0.25) is 9.59 Å². The van der Waals surface area contributed by atoms with Crippen molar-refractivity contribution >= 4 is 12.3 Å². The molecule has 0 saturated carbocycles. The van der Waals surface area contributed by atoms with Gasteiger partial charge in [0, 0.05) is 11.1 Å². The molecule has 1 aromatic carbocycles. The van der Waals surface area contributed by atoms with Gasteiger partial charge in [0.2, 0.25) is 0 Å². The number of methoxy groups -OCH3 is 1. The van der Waals surface area contributed by atoms with Crippen LogP contribution in [0.4, 0.5) is 0 Å². The summed E-state index contributed by atoms with van der Waals surface area (Å²) in [6.45, 7) is 1.96. The molecule has 0 amide bonds. The number of rotatable bonds is 5. The summed E-state index contributed by atoms with van der Waals surface area (Å²) in [6.07, 6.45) is 0.455. The van der Waals surface area contributed by atoms with E-state index in [1.54, 1.807) is 13.0 Å². The van der Waals surface area contributed by atoms with Crippen molar-refractivity contribution in [3.63, 3.8) is 0 Å². The smallest absolute Gasteiger partial charge is 0.310 e. The number of ether oxygens (including phenoxy) is 2. The van der Waals surface area contributed by atoms with Crippen LogP contribution in [-0.2, 0) is 16.0 Å². The van der Waals surface area contributed by atoms with Gasteiger partial charge in [-0.25, -0.2) is 0 Å². The van der Waals surface area contributed by atoms with Crippen molar-refractivity contribution in [3.8, 4) is 11.8 Å². The van der Waals surface area contributed by atoms with Gasteiger partial charge in [0.15, 0.2) is 6.29 Å². The minimum atomic E-state index is -0.464. The summed E-state index contributed by atoms with van der Waals surface area (Å²) < 4.78 is 9.92. The molecule has 0 atom stereocenters. The molecule has 5 nitrogen and oxygen atoms in total. The van der Waals surface area contributed by atoms with Crippen molar-refractivity contribution in [2.75, 3.05) is 13.7 Å². The van der Waals surface area contributed by atoms with Crippen LogP contribution in [0.25, 0.3) is 0 Å². The molecule has 0 unspecified atom stereocenters. The van der Waals surface area contributed by atoms with Crippen molar-refractivity contribution in [3.05, 3.63) is 28.8 Å². The number of nitrogens with zero attached hydrogens (tertiary/aromatic N) is 1. The standard InChI is InChI=1S/C13H13NO4/c1-3-18-13(16)6-10-11(8-15)9(7-14)4-5-12(10)17-2/h4-5,8H,3,6H2,1-2H3. The highest BCUT2D eigenvalue weighted by atomic mass is 16.5. The Bertz CT molecular complexity index is 502. The van der Waals surface area contributed by atoms with Crippen LogP contribution in [0.2, 0.25) is 0 Å². The fourth-order valence-corrected chi connectivity index (χ4v) is 1.61. The molecule has 0 heterocycles. The van der Waals surface area contributed by atoms with E-state index in [2.05, 4.69) is 0 Å². The predicted octanol–water partition coefficient (Wildman–Crippen LogP) is 1.48. The first-order valence-electron chi connectivity index (χ1n) is 5.38. The van der Waals surface area contributed by atoms with Crippen LogP contribution in [-0.4, -0.2) is 26.0 Å². The molecule has 94 valence electrons. The Morgan fingerprint density at radius 2 is 2.22 bits per heavy atom. The van der Waals surface area contributed by atoms with Crippen LogP contribution in [0, 0.1) is 11.3 Å². The van der Waals surface area contributed by atoms with Gasteiger partial charge in [0.05, 0.1) is 31.8 Å². The van der Waals surface area contributed by atoms with E-state index >= 15 is 0 Å². The second kappa shape index (κ2) is 6.40. The molecule has 0 fully saturated rings. The average molecular weight is 247 g/mol. The van der Waals surface area contributed by atoms with Gasteiger partial charge in [-0.1, -0.05) is 0 Å². The van der Waals surface area contributed by atoms with Crippen LogP contribution in [0.1, 0.15) is 28.4 Å². The number of esters is 1. The van der Waals surface area contributed by atoms with E-state index in [0.29, 0.717) is 17.6 Å². The Labute approximate surface area is 105 Å². The molecule has 0 aliphatic rings. The van der Waals surface area contributed by atoms with Crippen molar-refractivity contribution in [2.45, 2.75) is 13.3 Å². The molecule has 0 aliphatic heterocycles. The molecule has 0 N–H and O–H groups in total. The summed E-state index contributed by atoms with van der Waals surface area (Å²) in [4.78, 5) is 22.5. The highest BCUT2D eigenvalue weighted by Crippen LogP contribution is 2.25. The Hall–Kier alpha value is -2.35. The minimum Gasteiger partial charge on any atom is -0.496 e. The monoisotopic (exact) mass is 247 g/mol. The lowest BCUT2D eigenvalue weighted by Crippen LogP contribution is -2.11. The molecular weight excluding hydrogens is 234 g/mol. The first-order chi connectivity index (χ1) is 8.67. The van der Waals surface area contributed by atoms with Gasteiger partial charge < -0.3 is 9.47 Å². The predicted molar refractivity (Wildman–Crippen MR) is 63.4 cm³/mol. The van der Waals surface area contributed by atoms with E-state index in [1.807, 2.05) is 6.07 Å². The van der Waals surface area contributed by atoms with Gasteiger partial charge in [-0.05, 0) is 19.1 Å². The van der Waals surface area contributed by atoms with E-state index in [-0.39, 0.29) is 24.2 Å². The minimum absolute atomic E-state index is 0.0966. The van der Waals surface area contributed by atoms with Crippen LogP contribution in [0.5, 0.6) is 5.75 Å². The van der Waals surface area contributed by atoms with Crippen LogP contribution < -0.4 is 4.74 Å². The summed E-state index contributed by atoms with van der Waals surface area (Å²) >= 11 is 0. The number of nitriles is 1. The van der Waals surface area contributed by atoms with Crippen LogP contribution >= 0.6 is 0 Å². The highest BCUT2D eigenvalue weighted by Gasteiger charge is 2.17. The lowest BCUT2D eigenvalue weighted by Gasteiger charge is -2.11. The lowest BCUT2D eigenvalue weighted by atomic mass is 9.99. The highest BCUT2D eigenvalue weighted by molar-refractivity contribution is 5.86. The zero-order valence-electron chi connectivity index (χ0n) is 10.2. The molecule has 0 aliphatic carbocycles. The number of hydrogen-bond acceptors (Lipinski definition) is 5. The molecule has 18 heavy (non-hydrogen) atoms. The first kappa shape index (κ1) is 13.7. The number of carbonyl (C=O) groups excluding carboxylic acids is 2. The molecule has 1 rings (SSSR count). The topological polar surface area (TPSA) is 76.4 Å². The summed E-state index contributed by atoms with van der Waals surface area (Å²) in [5, 5.41) is 8.91. The van der Waals surface area contributed by atoms with Crippen LogP contribution in [0.15, 0.2) is 12.1 Å². The van der Waals surface area contributed by atoms with Crippen molar-refractivity contribution in [2.24, 2.45) is 0 Å². The van der Waals surface area contributed by atoms with E-state index in [9.17, 15) is 9.59 Å².